The quantitative estimate of drug-likeness (QED) is 0.187. The first-order valence-electron chi connectivity index (χ1n) is 16.7. The van der Waals surface area contributed by atoms with E-state index in [-0.39, 0.29) is 11.4 Å². The van der Waals surface area contributed by atoms with Gasteiger partial charge in [-0.3, -0.25) is 0 Å². The van der Waals surface area contributed by atoms with Gasteiger partial charge in [0.25, 0.3) is 0 Å². The highest BCUT2D eigenvalue weighted by Gasteiger charge is 2.28. The minimum Gasteiger partial charge on any atom is -0.497 e. The van der Waals surface area contributed by atoms with Gasteiger partial charge in [-0.05, 0) is 86.3 Å². The SMILES string of the molecule is COc1ccc(CN(Cc2ccc(OC)cc2)c2nc(Cl)nn3c(C(O)c4cnc(N5CCN(C(=O)OC(C)(C)C)CC5)c(C)c4)cnc23)cc1. The number of pyridine rings is 1. The minimum absolute atomic E-state index is 0.00795. The number of benzene rings is 2. The molecule has 2 aromatic carbocycles. The van der Waals surface area contributed by atoms with E-state index in [4.69, 9.17) is 30.8 Å². The van der Waals surface area contributed by atoms with Crippen LogP contribution in [0, 0.1) is 6.92 Å². The summed E-state index contributed by atoms with van der Waals surface area (Å²) in [4.78, 5) is 32.5. The number of aryl methyl sites for hydroxylation is 1. The molecule has 14 heteroatoms. The fourth-order valence-corrected chi connectivity index (χ4v) is 6.19. The number of hydrogen-bond acceptors (Lipinski definition) is 11. The second kappa shape index (κ2) is 15.0. The Morgan fingerprint density at radius 2 is 1.51 bits per heavy atom. The van der Waals surface area contributed by atoms with Crippen LogP contribution in [0.15, 0.2) is 67.0 Å². The summed E-state index contributed by atoms with van der Waals surface area (Å²) >= 11 is 6.56. The highest BCUT2D eigenvalue weighted by molar-refractivity contribution is 6.28. The monoisotopic (exact) mass is 714 g/mol. The molecule has 1 aliphatic rings. The molecule has 1 saturated heterocycles. The van der Waals surface area contributed by atoms with E-state index in [0.29, 0.717) is 62.0 Å². The number of carbonyl (C=O) groups is 1. The van der Waals surface area contributed by atoms with Gasteiger partial charge >= 0.3 is 6.09 Å². The van der Waals surface area contributed by atoms with Gasteiger partial charge in [0.1, 0.15) is 29.0 Å². The Balaban J connectivity index is 1.26. The Morgan fingerprint density at radius 3 is 2.04 bits per heavy atom. The predicted octanol–water partition coefficient (Wildman–Crippen LogP) is 5.84. The number of fused-ring (bicyclic) bond motifs is 1. The molecule has 1 amide bonds. The smallest absolute Gasteiger partial charge is 0.410 e. The number of hydrogen-bond donors (Lipinski definition) is 1. The van der Waals surface area contributed by atoms with E-state index in [1.165, 1.54) is 0 Å². The number of carbonyl (C=O) groups excluding carboxylic acids is 1. The number of imidazole rings is 1. The van der Waals surface area contributed by atoms with Gasteiger partial charge < -0.3 is 34.0 Å². The van der Waals surface area contributed by atoms with Crippen molar-refractivity contribution in [2.45, 2.75) is 52.5 Å². The van der Waals surface area contributed by atoms with Gasteiger partial charge in [0.05, 0.1) is 26.1 Å². The van der Waals surface area contributed by atoms with Crippen molar-refractivity contribution in [2.24, 2.45) is 0 Å². The number of halogens is 1. The third kappa shape index (κ3) is 8.26. The summed E-state index contributed by atoms with van der Waals surface area (Å²) in [7, 11) is 3.27. The summed E-state index contributed by atoms with van der Waals surface area (Å²) in [6.45, 7) is 10.8. The zero-order valence-corrected chi connectivity index (χ0v) is 30.5. The topological polar surface area (TPSA) is 131 Å². The maximum atomic E-state index is 12.5. The predicted molar refractivity (Wildman–Crippen MR) is 195 cm³/mol. The molecular formula is C37H43ClN8O5. The molecule has 1 atom stereocenters. The average molecular weight is 715 g/mol. The van der Waals surface area contributed by atoms with Crippen LogP contribution in [0.1, 0.15) is 54.8 Å². The number of methoxy groups -OCH3 is 2. The van der Waals surface area contributed by atoms with E-state index in [2.05, 4.69) is 24.9 Å². The van der Waals surface area contributed by atoms with Crippen molar-refractivity contribution < 1.29 is 24.1 Å². The van der Waals surface area contributed by atoms with Crippen LogP contribution < -0.4 is 19.3 Å². The Bertz CT molecular complexity index is 1920. The zero-order chi connectivity index (χ0) is 36.3. The van der Waals surface area contributed by atoms with Gasteiger partial charge in [0.15, 0.2) is 11.5 Å². The van der Waals surface area contributed by atoms with Crippen molar-refractivity contribution in [1.82, 2.24) is 29.5 Å². The maximum Gasteiger partial charge on any atom is 0.410 e. The molecule has 0 bridgehead atoms. The molecule has 6 rings (SSSR count). The Hall–Kier alpha value is -5.14. The third-order valence-corrected chi connectivity index (χ3v) is 8.77. The van der Waals surface area contributed by atoms with Crippen LogP contribution in [0.2, 0.25) is 5.28 Å². The molecule has 1 N–H and O–H groups in total. The molecule has 1 unspecified atom stereocenters. The van der Waals surface area contributed by atoms with Crippen LogP contribution in [0.4, 0.5) is 16.4 Å². The van der Waals surface area contributed by atoms with E-state index in [1.807, 2.05) is 82.3 Å². The number of piperazine rings is 1. The molecule has 13 nitrogen and oxygen atoms in total. The highest BCUT2D eigenvalue weighted by Crippen LogP contribution is 2.31. The van der Waals surface area contributed by atoms with E-state index in [9.17, 15) is 9.90 Å². The second-order valence-corrected chi connectivity index (χ2v) is 13.8. The number of ether oxygens (including phenoxy) is 3. The molecule has 0 spiro atoms. The Kier molecular flexibility index (Phi) is 10.5. The van der Waals surface area contributed by atoms with Gasteiger partial charge in [-0.15, -0.1) is 5.10 Å². The van der Waals surface area contributed by atoms with Crippen molar-refractivity contribution in [1.29, 1.82) is 0 Å². The molecule has 268 valence electrons. The first-order valence-corrected chi connectivity index (χ1v) is 17.1. The molecule has 1 aliphatic heterocycles. The highest BCUT2D eigenvalue weighted by atomic mass is 35.5. The number of aromatic nitrogens is 5. The maximum absolute atomic E-state index is 12.5. The molecule has 51 heavy (non-hydrogen) atoms. The Labute approximate surface area is 302 Å². The lowest BCUT2D eigenvalue weighted by Gasteiger charge is -2.36. The number of anilines is 2. The van der Waals surface area contributed by atoms with E-state index in [1.54, 1.807) is 36.0 Å². The van der Waals surface area contributed by atoms with Crippen LogP contribution in [0.3, 0.4) is 0 Å². The number of rotatable bonds is 10. The van der Waals surface area contributed by atoms with Crippen LogP contribution in [-0.4, -0.2) is 86.7 Å². The van der Waals surface area contributed by atoms with Crippen LogP contribution >= 0.6 is 11.6 Å². The molecule has 1 fully saturated rings. The molecule has 4 heterocycles. The van der Waals surface area contributed by atoms with E-state index < -0.39 is 11.7 Å². The Morgan fingerprint density at radius 1 is 0.922 bits per heavy atom. The van der Waals surface area contributed by atoms with Gasteiger partial charge in [-0.2, -0.15) is 4.98 Å². The molecular weight excluding hydrogens is 672 g/mol. The number of nitrogens with zero attached hydrogens (tertiary/aromatic N) is 8. The average Bonchev–Trinajstić information content (AvgIpc) is 3.54. The van der Waals surface area contributed by atoms with Crippen molar-refractivity contribution in [3.05, 3.63) is 100 Å². The first-order chi connectivity index (χ1) is 24.4. The van der Waals surface area contributed by atoms with Crippen molar-refractivity contribution >= 4 is 35.0 Å². The lowest BCUT2D eigenvalue weighted by atomic mass is 10.1. The van der Waals surface area contributed by atoms with Crippen LogP contribution in [0.5, 0.6) is 11.5 Å². The minimum atomic E-state index is -1.10. The second-order valence-electron chi connectivity index (χ2n) is 13.4. The largest absolute Gasteiger partial charge is 0.497 e. The van der Waals surface area contributed by atoms with Crippen molar-refractivity contribution in [3.8, 4) is 11.5 Å². The molecule has 0 radical (unpaired) electrons. The van der Waals surface area contributed by atoms with Crippen molar-refractivity contribution in [3.63, 3.8) is 0 Å². The summed E-state index contributed by atoms with van der Waals surface area (Å²) in [5, 5.41) is 16.1. The van der Waals surface area contributed by atoms with Gasteiger partial charge in [0.2, 0.25) is 5.28 Å². The number of amides is 1. The lowest BCUT2D eigenvalue weighted by molar-refractivity contribution is 0.0240. The number of aliphatic hydroxyl groups excluding tert-OH is 1. The van der Waals surface area contributed by atoms with Gasteiger partial charge in [-0.25, -0.2) is 19.3 Å². The van der Waals surface area contributed by atoms with Gasteiger partial charge in [-0.1, -0.05) is 24.3 Å². The first kappa shape index (κ1) is 35.7. The molecule has 5 aromatic rings. The zero-order valence-electron chi connectivity index (χ0n) is 29.7. The molecule has 0 aliphatic carbocycles. The number of aliphatic hydroxyl groups is 1. The molecule has 0 saturated carbocycles. The standard InChI is InChI=1S/C37H43ClN8O5/c1-24-19-27(20-39-32(24)43-15-17-44(18-16-43)36(48)51-37(2,3)4)31(47)30-21-40-33-34(41-35(38)42-46(30)33)45(22-25-7-11-28(49-5)12-8-25)23-26-9-13-29(50-6)14-10-26/h7-14,19-21,31,47H,15-18,22-23H2,1-6H3. The molecule has 3 aromatic heterocycles. The normalized spacial score (nSPS) is 14.0. The lowest BCUT2D eigenvalue weighted by Crippen LogP contribution is -2.50. The van der Waals surface area contributed by atoms with Gasteiger partial charge in [0, 0.05) is 51.0 Å². The summed E-state index contributed by atoms with van der Waals surface area (Å²) in [5.41, 5.74) is 3.84. The van der Waals surface area contributed by atoms with Crippen molar-refractivity contribution in [2.75, 3.05) is 50.2 Å². The summed E-state index contributed by atoms with van der Waals surface area (Å²) in [5.74, 6) is 2.83. The van der Waals surface area contributed by atoms with Crippen LogP contribution in [0.25, 0.3) is 5.65 Å². The van der Waals surface area contributed by atoms with Crippen LogP contribution in [-0.2, 0) is 17.8 Å². The van der Waals surface area contributed by atoms with E-state index in [0.717, 1.165) is 34.0 Å². The fourth-order valence-electron chi connectivity index (χ4n) is 6.03. The summed E-state index contributed by atoms with van der Waals surface area (Å²) in [6.07, 6.45) is 1.84. The summed E-state index contributed by atoms with van der Waals surface area (Å²) < 4.78 is 17.8. The summed E-state index contributed by atoms with van der Waals surface area (Å²) in [6, 6.07) is 17.6. The third-order valence-electron chi connectivity index (χ3n) is 8.61. The fraction of sp³-hybridized carbons (Fsp3) is 0.378. The van der Waals surface area contributed by atoms with E-state index >= 15 is 0 Å².